The van der Waals surface area contributed by atoms with Crippen LogP contribution in [0.25, 0.3) is 10.1 Å². The van der Waals surface area contributed by atoms with Gasteiger partial charge in [0.25, 0.3) is 0 Å². The van der Waals surface area contributed by atoms with Crippen molar-refractivity contribution in [2.45, 2.75) is 6.92 Å². The molecule has 0 fully saturated rings. The van der Waals surface area contributed by atoms with Gasteiger partial charge in [-0.05, 0) is 24.4 Å². The molecule has 72 valence electrons. The number of rotatable bonds is 1. The highest BCUT2D eigenvalue weighted by Gasteiger charge is 2.20. The zero-order valence-corrected chi connectivity index (χ0v) is 8.31. The van der Waals surface area contributed by atoms with Crippen molar-refractivity contribution >= 4 is 34.0 Å². The highest BCUT2D eigenvalue weighted by atomic mass is 32.1. The molecule has 0 saturated heterocycles. The minimum Gasteiger partial charge on any atom is -0.423 e. The van der Waals surface area contributed by atoms with Gasteiger partial charge in [0.2, 0.25) is 0 Å². The molecule has 0 aliphatic carbocycles. The summed E-state index contributed by atoms with van der Waals surface area (Å²) in [4.78, 5) is 0.806. The molecule has 0 bridgehead atoms. The summed E-state index contributed by atoms with van der Waals surface area (Å²) in [5.74, 6) is -0.308. The van der Waals surface area contributed by atoms with Gasteiger partial charge < -0.3 is 10.0 Å². The maximum atomic E-state index is 12.9. The average Bonchev–Trinajstić information content (AvgIpc) is 2.39. The predicted molar refractivity (Wildman–Crippen MR) is 56.3 cm³/mol. The van der Waals surface area contributed by atoms with E-state index in [4.69, 9.17) is 10.0 Å². The second-order valence-corrected chi connectivity index (χ2v) is 4.34. The van der Waals surface area contributed by atoms with E-state index in [2.05, 4.69) is 0 Å². The maximum absolute atomic E-state index is 12.9. The normalized spacial score (nSPS) is 10.9. The summed E-state index contributed by atoms with van der Waals surface area (Å²) in [7, 11) is -1.49. The number of fused-ring (bicyclic) bond motifs is 1. The van der Waals surface area contributed by atoms with Crippen LogP contribution in [0.4, 0.5) is 4.39 Å². The molecule has 0 spiro atoms. The van der Waals surface area contributed by atoms with E-state index >= 15 is 0 Å². The van der Waals surface area contributed by atoms with E-state index in [-0.39, 0.29) is 5.82 Å². The van der Waals surface area contributed by atoms with Gasteiger partial charge in [0.05, 0.1) is 0 Å². The van der Waals surface area contributed by atoms with E-state index in [0.717, 1.165) is 9.58 Å². The summed E-state index contributed by atoms with van der Waals surface area (Å²) < 4.78 is 13.6. The lowest BCUT2D eigenvalue weighted by Gasteiger charge is -1.98. The Morgan fingerprint density at radius 2 is 2.07 bits per heavy atom. The highest BCUT2D eigenvalue weighted by Crippen LogP contribution is 2.23. The molecular weight excluding hydrogens is 202 g/mol. The fourth-order valence-electron chi connectivity index (χ4n) is 1.53. The summed E-state index contributed by atoms with van der Waals surface area (Å²) >= 11 is 1.36. The summed E-state index contributed by atoms with van der Waals surface area (Å²) in [5, 5.41) is 19.0. The van der Waals surface area contributed by atoms with Gasteiger partial charge in [0, 0.05) is 15.0 Å². The molecule has 2 nitrogen and oxygen atoms in total. The third kappa shape index (κ3) is 1.43. The van der Waals surface area contributed by atoms with E-state index in [1.54, 1.807) is 13.0 Å². The summed E-state index contributed by atoms with van der Waals surface area (Å²) in [6, 6.07) is 4.29. The van der Waals surface area contributed by atoms with Crippen LogP contribution < -0.4 is 5.46 Å². The van der Waals surface area contributed by atoms with Crippen molar-refractivity contribution in [2.75, 3.05) is 0 Å². The Morgan fingerprint density at radius 3 is 2.71 bits per heavy atom. The van der Waals surface area contributed by atoms with Crippen LogP contribution in [-0.2, 0) is 0 Å². The van der Waals surface area contributed by atoms with Crippen molar-refractivity contribution in [1.82, 2.24) is 0 Å². The van der Waals surface area contributed by atoms with Crippen molar-refractivity contribution < 1.29 is 14.4 Å². The average molecular weight is 210 g/mol. The van der Waals surface area contributed by atoms with Gasteiger partial charge >= 0.3 is 7.12 Å². The Balaban J connectivity index is 2.77. The number of benzene rings is 1. The molecule has 0 amide bonds. The van der Waals surface area contributed by atoms with Gasteiger partial charge in [-0.3, -0.25) is 0 Å². The fourth-order valence-corrected chi connectivity index (χ4v) is 2.65. The van der Waals surface area contributed by atoms with Crippen LogP contribution in [0.3, 0.4) is 0 Å². The third-order valence-electron chi connectivity index (χ3n) is 2.13. The van der Waals surface area contributed by atoms with Crippen molar-refractivity contribution in [3.05, 3.63) is 28.9 Å². The van der Waals surface area contributed by atoms with Gasteiger partial charge in [0.15, 0.2) is 0 Å². The maximum Gasteiger partial charge on any atom is 0.490 e. The quantitative estimate of drug-likeness (QED) is 0.690. The third-order valence-corrected chi connectivity index (χ3v) is 3.22. The lowest BCUT2D eigenvalue weighted by atomic mass is 9.78. The Bertz CT molecular complexity index is 481. The predicted octanol–water partition coefficient (Wildman–Crippen LogP) is 1.03. The van der Waals surface area contributed by atoms with Gasteiger partial charge in [-0.15, -0.1) is 11.3 Å². The SMILES string of the molecule is Cc1sc2cc(F)ccc2c1B(O)O. The Morgan fingerprint density at radius 1 is 1.36 bits per heavy atom. The van der Waals surface area contributed by atoms with E-state index in [1.807, 2.05) is 0 Å². The van der Waals surface area contributed by atoms with Crippen molar-refractivity contribution in [1.29, 1.82) is 0 Å². The minimum absolute atomic E-state index is 0.308. The Hall–Kier alpha value is -0.905. The van der Waals surface area contributed by atoms with Gasteiger partial charge in [-0.25, -0.2) is 4.39 Å². The fraction of sp³-hybridized carbons (Fsp3) is 0.111. The van der Waals surface area contributed by atoms with Crippen LogP contribution in [0.15, 0.2) is 18.2 Å². The first-order chi connectivity index (χ1) is 6.59. The second kappa shape index (κ2) is 3.35. The van der Waals surface area contributed by atoms with Gasteiger partial charge in [0.1, 0.15) is 5.82 Å². The first-order valence-electron chi connectivity index (χ1n) is 4.14. The molecule has 0 atom stereocenters. The molecule has 1 aromatic carbocycles. The van der Waals surface area contributed by atoms with Crippen LogP contribution in [0.2, 0.25) is 0 Å². The molecule has 0 aliphatic heterocycles. The van der Waals surface area contributed by atoms with Crippen molar-refractivity contribution in [3.63, 3.8) is 0 Å². The molecule has 2 N–H and O–H groups in total. The Kier molecular flexibility index (Phi) is 2.30. The van der Waals surface area contributed by atoms with Gasteiger partial charge in [-0.2, -0.15) is 0 Å². The molecule has 2 rings (SSSR count). The van der Waals surface area contributed by atoms with E-state index < -0.39 is 7.12 Å². The van der Waals surface area contributed by atoms with Crippen LogP contribution in [0.1, 0.15) is 4.88 Å². The van der Waals surface area contributed by atoms with E-state index in [1.165, 1.54) is 23.5 Å². The van der Waals surface area contributed by atoms with Crippen molar-refractivity contribution in [2.24, 2.45) is 0 Å². The van der Waals surface area contributed by atoms with E-state index in [0.29, 0.717) is 10.8 Å². The molecule has 5 heteroatoms. The molecule has 2 aromatic rings. The second-order valence-electron chi connectivity index (χ2n) is 3.09. The standard InChI is InChI=1S/C9H8BFO2S/c1-5-9(10(12)13)7-3-2-6(11)4-8(7)14-5/h2-4,12-13H,1H3. The molecule has 1 heterocycles. The molecule has 1 aromatic heterocycles. The first-order valence-corrected chi connectivity index (χ1v) is 4.96. The summed E-state index contributed by atoms with van der Waals surface area (Å²) in [5.41, 5.74) is 0.477. The largest absolute Gasteiger partial charge is 0.490 e. The molecule has 0 aliphatic rings. The lowest BCUT2D eigenvalue weighted by molar-refractivity contribution is 0.426. The molecule has 14 heavy (non-hydrogen) atoms. The minimum atomic E-state index is -1.49. The summed E-state index contributed by atoms with van der Waals surface area (Å²) in [6.45, 7) is 1.79. The first kappa shape index (κ1) is 9.64. The monoisotopic (exact) mass is 210 g/mol. The molecule has 0 radical (unpaired) electrons. The van der Waals surface area contributed by atoms with Crippen LogP contribution in [0.5, 0.6) is 0 Å². The topological polar surface area (TPSA) is 40.5 Å². The number of aryl methyl sites for hydroxylation is 1. The number of halogens is 1. The van der Waals surface area contributed by atoms with Gasteiger partial charge in [-0.1, -0.05) is 6.07 Å². The molecule has 0 unspecified atom stereocenters. The lowest BCUT2D eigenvalue weighted by Crippen LogP contribution is -2.30. The highest BCUT2D eigenvalue weighted by molar-refractivity contribution is 7.20. The molecule has 0 saturated carbocycles. The summed E-state index contributed by atoms with van der Waals surface area (Å²) in [6.07, 6.45) is 0. The van der Waals surface area contributed by atoms with E-state index in [9.17, 15) is 4.39 Å². The smallest absolute Gasteiger partial charge is 0.423 e. The number of hydrogen-bond donors (Lipinski definition) is 2. The van der Waals surface area contributed by atoms with Crippen LogP contribution >= 0.6 is 11.3 Å². The zero-order valence-electron chi connectivity index (χ0n) is 7.49. The molecular formula is C9H8BFO2S. The van der Waals surface area contributed by atoms with Crippen LogP contribution in [0, 0.1) is 12.7 Å². The zero-order chi connectivity index (χ0) is 10.3. The number of hydrogen-bond acceptors (Lipinski definition) is 3. The van der Waals surface area contributed by atoms with Crippen molar-refractivity contribution in [3.8, 4) is 0 Å². The Labute approximate surface area is 84.8 Å². The van der Waals surface area contributed by atoms with Crippen LogP contribution in [-0.4, -0.2) is 17.2 Å². The number of thiophene rings is 1.